The summed E-state index contributed by atoms with van der Waals surface area (Å²) in [4.78, 5) is 26.8. The smallest absolute Gasteiger partial charge is 0.287 e. The molecule has 0 aromatic carbocycles. The molecule has 84 valence electrons. The van der Waals surface area contributed by atoms with Crippen molar-refractivity contribution < 1.29 is 9.72 Å². The standard InChI is InChI=1S/C9H9N3O3S/c13-9-3-7(16)5-11(9)8-2-1-6(4-10-8)12(14)15/h1-2,4,7,16H,3,5H2. The van der Waals surface area contributed by atoms with Gasteiger partial charge in [0.05, 0.1) is 4.92 Å². The van der Waals surface area contributed by atoms with Gasteiger partial charge in [-0.15, -0.1) is 0 Å². The van der Waals surface area contributed by atoms with E-state index in [1.807, 2.05) is 0 Å². The molecule has 1 aliphatic rings. The van der Waals surface area contributed by atoms with Crippen LogP contribution >= 0.6 is 12.6 Å². The van der Waals surface area contributed by atoms with E-state index in [0.717, 1.165) is 6.20 Å². The van der Waals surface area contributed by atoms with Gasteiger partial charge in [0, 0.05) is 24.3 Å². The van der Waals surface area contributed by atoms with Crippen LogP contribution in [0.5, 0.6) is 0 Å². The van der Waals surface area contributed by atoms with E-state index < -0.39 is 4.92 Å². The first-order valence-corrected chi connectivity index (χ1v) is 5.18. The molecule has 1 aliphatic heterocycles. The minimum absolute atomic E-state index is 0.00416. The van der Waals surface area contributed by atoms with Gasteiger partial charge in [0.2, 0.25) is 5.91 Å². The third-order valence-electron chi connectivity index (χ3n) is 2.32. The Morgan fingerprint density at radius 2 is 2.31 bits per heavy atom. The van der Waals surface area contributed by atoms with Crippen molar-refractivity contribution in [2.75, 3.05) is 11.4 Å². The molecule has 0 N–H and O–H groups in total. The fourth-order valence-corrected chi connectivity index (χ4v) is 1.88. The van der Waals surface area contributed by atoms with Crippen LogP contribution in [-0.4, -0.2) is 27.6 Å². The van der Waals surface area contributed by atoms with Gasteiger partial charge in [-0.05, 0) is 6.07 Å². The SMILES string of the molecule is O=C1CC(S)CN1c1ccc([N+](=O)[O-])cn1. The summed E-state index contributed by atoms with van der Waals surface area (Å²) in [5, 5.41) is 10.4. The Kier molecular flexibility index (Phi) is 2.78. The van der Waals surface area contributed by atoms with Crippen LogP contribution in [0, 0.1) is 10.1 Å². The molecule has 6 nitrogen and oxygen atoms in total. The zero-order chi connectivity index (χ0) is 11.7. The van der Waals surface area contributed by atoms with E-state index in [9.17, 15) is 14.9 Å². The number of carbonyl (C=O) groups is 1. The van der Waals surface area contributed by atoms with Gasteiger partial charge in [0.1, 0.15) is 12.0 Å². The Bertz CT molecular complexity index is 434. The summed E-state index contributed by atoms with van der Waals surface area (Å²) >= 11 is 4.22. The molecule has 1 aromatic rings. The summed E-state index contributed by atoms with van der Waals surface area (Å²) in [6.45, 7) is 0.493. The van der Waals surface area contributed by atoms with Crippen molar-refractivity contribution in [1.29, 1.82) is 0 Å². The molecular formula is C9H9N3O3S. The van der Waals surface area contributed by atoms with Gasteiger partial charge in [-0.2, -0.15) is 12.6 Å². The lowest BCUT2D eigenvalue weighted by molar-refractivity contribution is -0.385. The first-order chi connectivity index (χ1) is 7.58. The number of aromatic nitrogens is 1. The molecule has 2 rings (SSSR count). The third-order valence-corrected chi connectivity index (χ3v) is 2.67. The second kappa shape index (κ2) is 4.09. The van der Waals surface area contributed by atoms with Crippen molar-refractivity contribution in [3.63, 3.8) is 0 Å². The van der Waals surface area contributed by atoms with Crippen LogP contribution in [-0.2, 0) is 4.79 Å². The number of nitrogens with zero attached hydrogens (tertiary/aromatic N) is 3. The number of pyridine rings is 1. The molecule has 16 heavy (non-hydrogen) atoms. The summed E-state index contributed by atoms with van der Waals surface area (Å²) in [7, 11) is 0. The molecule has 0 spiro atoms. The van der Waals surface area contributed by atoms with E-state index in [1.54, 1.807) is 0 Å². The first-order valence-electron chi connectivity index (χ1n) is 4.67. The maximum atomic E-state index is 11.5. The summed E-state index contributed by atoms with van der Waals surface area (Å²) in [6.07, 6.45) is 1.52. The maximum Gasteiger partial charge on any atom is 0.287 e. The average molecular weight is 239 g/mol. The molecule has 1 unspecified atom stereocenters. The largest absolute Gasteiger partial charge is 0.296 e. The number of thiol groups is 1. The van der Waals surface area contributed by atoms with Crippen LogP contribution in [0.15, 0.2) is 18.3 Å². The van der Waals surface area contributed by atoms with Gasteiger partial charge in [-0.25, -0.2) is 4.98 Å². The second-order valence-electron chi connectivity index (χ2n) is 3.49. The Hall–Kier alpha value is -1.63. The summed E-state index contributed by atoms with van der Waals surface area (Å²) in [5.41, 5.74) is -0.0854. The van der Waals surface area contributed by atoms with E-state index in [1.165, 1.54) is 17.0 Å². The Labute approximate surface area is 96.8 Å². The average Bonchev–Trinajstić information content (AvgIpc) is 2.58. The van der Waals surface area contributed by atoms with E-state index >= 15 is 0 Å². The van der Waals surface area contributed by atoms with Crippen LogP contribution < -0.4 is 4.90 Å². The van der Waals surface area contributed by atoms with Crippen LogP contribution in [0.2, 0.25) is 0 Å². The zero-order valence-corrected chi connectivity index (χ0v) is 9.13. The molecule has 1 amide bonds. The van der Waals surface area contributed by atoms with E-state index in [2.05, 4.69) is 17.6 Å². The number of carbonyl (C=O) groups excluding carboxylic acids is 1. The predicted octanol–water partition coefficient (Wildman–Crippen LogP) is 1.02. The Morgan fingerprint density at radius 3 is 2.75 bits per heavy atom. The molecule has 1 aromatic heterocycles. The number of anilines is 1. The predicted molar refractivity (Wildman–Crippen MR) is 60.6 cm³/mol. The fourth-order valence-electron chi connectivity index (χ4n) is 1.56. The molecular weight excluding hydrogens is 230 g/mol. The first kappa shape index (κ1) is 10.9. The normalized spacial score (nSPS) is 20.2. The molecule has 1 atom stereocenters. The molecule has 0 saturated carbocycles. The summed E-state index contributed by atoms with van der Waals surface area (Å²) in [5.74, 6) is 0.383. The fraction of sp³-hybridized carbons (Fsp3) is 0.333. The topological polar surface area (TPSA) is 76.3 Å². The van der Waals surface area contributed by atoms with Crippen molar-refractivity contribution in [3.8, 4) is 0 Å². The molecule has 7 heteroatoms. The van der Waals surface area contributed by atoms with E-state index in [0.29, 0.717) is 18.8 Å². The van der Waals surface area contributed by atoms with Crippen molar-refractivity contribution in [3.05, 3.63) is 28.4 Å². The minimum atomic E-state index is -0.524. The lowest BCUT2D eigenvalue weighted by Crippen LogP contribution is -2.25. The number of amides is 1. The molecule has 0 aliphatic carbocycles. The second-order valence-corrected chi connectivity index (χ2v) is 4.22. The summed E-state index contributed by atoms with van der Waals surface area (Å²) in [6, 6.07) is 2.81. The highest BCUT2D eigenvalue weighted by molar-refractivity contribution is 7.81. The highest BCUT2D eigenvalue weighted by Gasteiger charge is 2.29. The van der Waals surface area contributed by atoms with Crippen LogP contribution in [0.25, 0.3) is 0 Å². The van der Waals surface area contributed by atoms with Crippen molar-refractivity contribution >= 4 is 30.0 Å². The summed E-state index contributed by atoms with van der Waals surface area (Å²) < 4.78 is 0. The lowest BCUT2D eigenvalue weighted by atomic mass is 10.4. The Balaban J connectivity index is 2.22. The van der Waals surface area contributed by atoms with Gasteiger partial charge in [-0.1, -0.05) is 0 Å². The van der Waals surface area contributed by atoms with Crippen molar-refractivity contribution in [2.24, 2.45) is 0 Å². The highest BCUT2D eigenvalue weighted by Crippen LogP contribution is 2.23. The monoisotopic (exact) mass is 239 g/mol. The van der Waals surface area contributed by atoms with Crippen molar-refractivity contribution in [1.82, 2.24) is 4.98 Å². The molecule has 1 saturated heterocycles. The number of hydrogen-bond donors (Lipinski definition) is 1. The number of nitro groups is 1. The number of hydrogen-bond acceptors (Lipinski definition) is 5. The van der Waals surface area contributed by atoms with Crippen LogP contribution in [0.4, 0.5) is 11.5 Å². The lowest BCUT2D eigenvalue weighted by Gasteiger charge is -2.13. The van der Waals surface area contributed by atoms with E-state index in [-0.39, 0.29) is 16.8 Å². The number of rotatable bonds is 2. The van der Waals surface area contributed by atoms with Crippen LogP contribution in [0.1, 0.15) is 6.42 Å². The van der Waals surface area contributed by atoms with Crippen molar-refractivity contribution in [2.45, 2.75) is 11.7 Å². The molecule has 2 heterocycles. The zero-order valence-electron chi connectivity index (χ0n) is 8.24. The Morgan fingerprint density at radius 1 is 1.56 bits per heavy atom. The minimum Gasteiger partial charge on any atom is -0.296 e. The van der Waals surface area contributed by atoms with Gasteiger partial charge in [0.15, 0.2) is 0 Å². The van der Waals surface area contributed by atoms with Gasteiger partial charge >= 0.3 is 0 Å². The third kappa shape index (κ3) is 1.99. The van der Waals surface area contributed by atoms with E-state index in [4.69, 9.17) is 0 Å². The molecule has 1 fully saturated rings. The maximum absolute atomic E-state index is 11.5. The highest BCUT2D eigenvalue weighted by atomic mass is 32.1. The van der Waals surface area contributed by atoms with Gasteiger partial charge in [-0.3, -0.25) is 19.8 Å². The van der Waals surface area contributed by atoms with Crippen LogP contribution in [0.3, 0.4) is 0 Å². The quantitative estimate of drug-likeness (QED) is 0.475. The molecule has 0 bridgehead atoms. The van der Waals surface area contributed by atoms with Gasteiger partial charge < -0.3 is 0 Å². The van der Waals surface area contributed by atoms with Gasteiger partial charge in [0.25, 0.3) is 5.69 Å². The molecule has 0 radical (unpaired) electrons.